The van der Waals surface area contributed by atoms with Gasteiger partial charge in [-0.1, -0.05) is 0 Å². The summed E-state index contributed by atoms with van der Waals surface area (Å²) in [4.78, 5) is 16.8. The largest absolute Gasteiger partial charge is 0.481 e. The topological polar surface area (TPSA) is 66.3 Å². The Hall–Kier alpha value is -1.17. The molecule has 1 N–H and O–H groups in total. The SMILES string of the molecule is CN(CCCC(=O)O)c1nc(C2CC2)ns1. The summed E-state index contributed by atoms with van der Waals surface area (Å²) >= 11 is 1.40. The van der Waals surface area contributed by atoms with Crippen LogP contribution in [0.1, 0.15) is 37.4 Å². The maximum absolute atomic E-state index is 10.4. The fourth-order valence-electron chi connectivity index (χ4n) is 1.45. The molecule has 0 unspecified atom stereocenters. The van der Waals surface area contributed by atoms with E-state index in [0.29, 0.717) is 18.9 Å². The fraction of sp³-hybridized carbons (Fsp3) is 0.700. The third-order valence-corrected chi connectivity index (χ3v) is 3.43. The quantitative estimate of drug-likeness (QED) is 0.821. The molecule has 16 heavy (non-hydrogen) atoms. The van der Waals surface area contributed by atoms with Gasteiger partial charge in [0, 0.05) is 37.5 Å². The molecule has 1 heterocycles. The van der Waals surface area contributed by atoms with Gasteiger partial charge in [-0.3, -0.25) is 4.79 Å². The van der Waals surface area contributed by atoms with Gasteiger partial charge < -0.3 is 10.0 Å². The van der Waals surface area contributed by atoms with Crippen molar-refractivity contribution in [3.05, 3.63) is 5.82 Å². The van der Waals surface area contributed by atoms with Gasteiger partial charge in [-0.2, -0.15) is 4.37 Å². The monoisotopic (exact) mass is 241 g/mol. The maximum Gasteiger partial charge on any atom is 0.303 e. The van der Waals surface area contributed by atoms with Crippen molar-refractivity contribution in [1.29, 1.82) is 0 Å². The van der Waals surface area contributed by atoms with E-state index in [1.165, 1.54) is 24.4 Å². The zero-order valence-electron chi connectivity index (χ0n) is 9.22. The first-order valence-corrected chi connectivity index (χ1v) is 6.20. The second-order valence-electron chi connectivity index (χ2n) is 4.13. The Morgan fingerprint density at radius 1 is 1.62 bits per heavy atom. The van der Waals surface area contributed by atoms with Crippen LogP contribution in [0.25, 0.3) is 0 Å². The number of carbonyl (C=O) groups is 1. The minimum Gasteiger partial charge on any atom is -0.481 e. The second kappa shape index (κ2) is 4.78. The van der Waals surface area contributed by atoms with Gasteiger partial charge in [-0.05, 0) is 19.3 Å². The fourth-order valence-corrected chi connectivity index (χ4v) is 2.18. The van der Waals surface area contributed by atoms with Crippen molar-refractivity contribution < 1.29 is 9.90 Å². The number of anilines is 1. The molecule has 6 heteroatoms. The van der Waals surface area contributed by atoms with Gasteiger partial charge in [-0.15, -0.1) is 0 Å². The molecule has 0 radical (unpaired) electrons. The summed E-state index contributed by atoms with van der Waals surface area (Å²) in [6.45, 7) is 0.714. The molecule has 1 aromatic rings. The highest BCUT2D eigenvalue weighted by atomic mass is 32.1. The van der Waals surface area contributed by atoms with Crippen molar-refractivity contribution in [1.82, 2.24) is 9.36 Å². The first-order chi connectivity index (χ1) is 7.66. The van der Waals surface area contributed by atoms with Crippen LogP contribution in [0.5, 0.6) is 0 Å². The molecule has 1 aliphatic rings. The first-order valence-electron chi connectivity index (χ1n) is 5.43. The lowest BCUT2D eigenvalue weighted by Gasteiger charge is -2.13. The predicted octanol–water partition coefficient (Wildman–Crippen LogP) is 1.72. The van der Waals surface area contributed by atoms with E-state index in [2.05, 4.69) is 9.36 Å². The lowest BCUT2D eigenvalue weighted by Crippen LogP contribution is -2.19. The van der Waals surface area contributed by atoms with Gasteiger partial charge in [0.05, 0.1) is 0 Å². The van der Waals surface area contributed by atoms with Gasteiger partial charge in [0.1, 0.15) is 5.82 Å². The zero-order chi connectivity index (χ0) is 11.5. The standard InChI is InChI=1S/C10H15N3O2S/c1-13(6-2-3-8(14)15)10-11-9(12-16-10)7-4-5-7/h7H,2-6H2,1H3,(H,14,15). The molecule has 1 saturated carbocycles. The molecule has 1 aliphatic carbocycles. The number of nitrogens with zero attached hydrogens (tertiary/aromatic N) is 3. The molecule has 1 fully saturated rings. The van der Waals surface area contributed by atoms with E-state index >= 15 is 0 Å². The lowest BCUT2D eigenvalue weighted by molar-refractivity contribution is -0.137. The summed E-state index contributed by atoms with van der Waals surface area (Å²) in [7, 11) is 1.93. The third-order valence-electron chi connectivity index (χ3n) is 2.58. The molecule has 0 aromatic carbocycles. The van der Waals surface area contributed by atoms with Crippen LogP contribution in [0.3, 0.4) is 0 Å². The summed E-state index contributed by atoms with van der Waals surface area (Å²) in [5.41, 5.74) is 0. The average molecular weight is 241 g/mol. The average Bonchev–Trinajstić information content (AvgIpc) is 2.96. The molecular formula is C10H15N3O2S. The third kappa shape index (κ3) is 2.91. The number of rotatable bonds is 6. The van der Waals surface area contributed by atoms with Crippen molar-refractivity contribution in [2.75, 3.05) is 18.5 Å². The van der Waals surface area contributed by atoms with Crippen LogP contribution in [0.15, 0.2) is 0 Å². The molecule has 0 spiro atoms. The van der Waals surface area contributed by atoms with E-state index in [4.69, 9.17) is 5.11 Å². The summed E-state index contributed by atoms with van der Waals surface area (Å²) in [5, 5.41) is 9.43. The molecule has 1 aromatic heterocycles. The van der Waals surface area contributed by atoms with E-state index in [1.54, 1.807) is 0 Å². The van der Waals surface area contributed by atoms with Crippen molar-refractivity contribution >= 4 is 22.6 Å². The number of carboxylic acid groups (broad SMARTS) is 1. The lowest BCUT2D eigenvalue weighted by atomic mass is 10.3. The van der Waals surface area contributed by atoms with Crippen molar-refractivity contribution in [2.45, 2.75) is 31.6 Å². The van der Waals surface area contributed by atoms with Gasteiger partial charge in [0.2, 0.25) is 5.13 Å². The van der Waals surface area contributed by atoms with Gasteiger partial charge >= 0.3 is 5.97 Å². The van der Waals surface area contributed by atoms with E-state index in [-0.39, 0.29) is 6.42 Å². The molecule has 0 aliphatic heterocycles. The highest BCUT2D eigenvalue weighted by molar-refractivity contribution is 7.09. The summed E-state index contributed by atoms with van der Waals surface area (Å²) in [6, 6.07) is 0. The minimum absolute atomic E-state index is 0.207. The second-order valence-corrected chi connectivity index (χ2v) is 4.86. The van der Waals surface area contributed by atoms with Crippen LogP contribution < -0.4 is 4.90 Å². The van der Waals surface area contributed by atoms with Gasteiger partial charge in [0.25, 0.3) is 0 Å². The number of hydrogen-bond donors (Lipinski definition) is 1. The maximum atomic E-state index is 10.4. The predicted molar refractivity (Wildman–Crippen MR) is 62.0 cm³/mol. The zero-order valence-corrected chi connectivity index (χ0v) is 10.0. The van der Waals surface area contributed by atoms with Crippen LogP contribution in [0.2, 0.25) is 0 Å². The molecule has 0 bridgehead atoms. The molecule has 0 atom stereocenters. The summed E-state index contributed by atoms with van der Waals surface area (Å²) in [6.07, 6.45) is 3.26. The highest BCUT2D eigenvalue weighted by Gasteiger charge is 2.28. The van der Waals surface area contributed by atoms with Gasteiger partial charge in [0.15, 0.2) is 0 Å². The summed E-state index contributed by atoms with van der Waals surface area (Å²) < 4.78 is 4.32. The van der Waals surface area contributed by atoms with Crippen molar-refractivity contribution in [2.24, 2.45) is 0 Å². The normalized spacial score (nSPS) is 15.1. The van der Waals surface area contributed by atoms with E-state index in [9.17, 15) is 4.79 Å². The van der Waals surface area contributed by atoms with Crippen molar-refractivity contribution in [3.8, 4) is 0 Å². The van der Waals surface area contributed by atoms with Crippen LogP contribution in [-0.2, 0) is 4.79 Å². The van der Waals surface area contributed by atoms with E-state index in [1.807, 2.05) is 11.9 Å². The Morgan fingerprint density at radius 3 is 3.00 bits per heavy atom. The molecule has 2 rings (SSSR count). The van der Waals surface area contributed by atoms with Crippen LogP contribution in [0, 0.1) is 0 Å². The summed E-state index contributed by atoms with van der Waals surface area (Å²) in [5.74, 6) is 0.798. The smallest absolute Gasteiger partial charge is 0.303 e. The number of aromatic nitrogens is 2. The van der Waals surface area contributed by atoms with E-state index in [0.717, 1.165) is 11.0 Å². The minimum atomic E-state index is -0.746. The Labute approximate surface area is 98.3 Å². The molecule has 88 valence electrons. The molecule has 5 nitrogen and oxygen atoms in total. The number of carboxylic acids is 1. The van der Waals surface area contributed by atoms with E-state index < -0.39 is 5.97 Å². The number of hydrogen-bond acceptors (Lipinski definition) is 5. The molecule has 0 saturated heterocycles. The first kappa shape index (κ1) is 11.3. The van der Waals surface area contributed by atoms with Gasteiger partial charge in [-0.25, -0.2) is 4.98 Å². The Kier molecular flexibility index (Phi) is 3.38. The Balaban J connectivity index is 1.82. The molecule has 0 amide bonds. The Morgan fingerprint density at radius 2 is 2.38 bits per heavy atom. The van der Waals surface area contributed by atoms with Crippen LogP contribution >= 0.6 is 11.5 Å². The highest BCUT2D eigenvalue weighted by Crippen LogP contribution is 2.39. The van der Waals surface area contributed by atoms with Crippen LogP contribution in [-0.4, -0.2) is 34.0 Å². The van der Waals surface area contributed by atoms with Crippen molar-refractivity contribution in [3.63, 3.8) is 0 Å². The molecular weight excluding hydrogens is 226 g/mol. The Bertz CT molecular complexity index is 376. The van der Waals surface area contributed by atoms with Crippen LogP contribution in [0.4, 0.5) is 5.13 Å². The number of aliphatic carboxylic acids is 1.